The van der Waals surface area contributed by atoms with Crippen molar-refractivity contribution in [1.82, 2.24) is 20.2 Å². The third kappa shape index (κ3) is 3.45. The molecule has 1 saturated carbocycles. The van der Waals surface area contributed by atoms with Gasteiger partial charge >= 0.3 is 0 Å². The number of nitrogen functional groups attached to an aromatic ring is 1. The Morgan fingerprint density at radius 2 is 2.20 bits per heavy atom. The van der Waals surface area contributed by atoms with Gasteiger partial charge in [0.05, 0.1) is 5.75 Å². The Kier molecular flexibility index (Phi) is 4.91. The van der Waals surface area contributed by atoms with Gasteiger partial charge in [0.2, 0.25) is 11.1 Å². The molecule has 7 heteroatoms. The first-order chi connectivity index (χ1) is 9.49. The van der Waals surface area contributed by atoms with Crippen LogP contribution >= 0.6 is 11.8 Å². The van der Waals surface area contributed by atoms with Crippen molar-refractivity contribution >= 4 is 17.7 Å². The molecular formula is C13H23N5OS. The summed E-state index contributed by atoms with van der Waals surface area (Å²) in [4.78, 5) is 12.0. The lowest BCUT2D eigenvalue weighted by Gasteiger charge is -2.34. The Labute approximate surface area is 123 Å². The van der Waals surface area contributed by atoms with E-state index in [1.807, 2.05) is 0 Å². The SMILES string of the molecule is Cc1nnc(SCC(=O)N[C@@H]2CCC[C@@H](C)[C@@H]2C)n1N. The monoisotopic (exact) mass is 297 g/mol. The summed E-state index contributed by atoms with van der Waals surface area (Å²) in [5.41, 5.74) is 0. The number of thioether (sulfide) groups is 1. The fourth-order valence-electron chi connectivity index (χ4n) is 2.61. The highest BCUT2D eigenvalue weighted by Gasteiger charge is 2.28. The van der Waals surface area contributed by atoms with Gasteiger partial charge in [-0.15, -0.1) is 10.2 Å². The molecule has 0 aliphatic heterocycles. The Bertz CT molecular complexity index is 475. The zero-order valence-corrected chi connectivity index (χ0v) is 13.1. The summed E-state index contributed by atoms with van der Waals surface area (Å²) >= 11 is 1.32. The molecule has 0 unspecified atom stereocenters. The molecule has 0 aromatic carbocycles. The highest BCUT2D eigenvalue weighted by Crippen LogP contribution is 2.29. The molecule has 0 spiro atoms. The fraction of sp³-hybridized carbons (Fsp3) is 0.769. The number of carbonyl (C=O) groups excluding carboxylic acids is 1. The molecule has 0 saturated heterocycles. The lowest BCUT2D eigenvalue weighted by Crippen LogP contribution is -2.44. The van der Waals surface area contributed by atoms with E-state index in [-0.39, 0.29) is 5.91 Å². The van der Waals surface area contributed by atoms with E-state index in [0.717, 1.165) is 6.42 Å². The summed E-state index contributed by atoms with van der Waals surface area (Å²) < 4.78 is 1.41. The lowest BCUT2D eigenvalue weighted by molar-refractivity contribution is -0.120. The molecule has 1 aliphatic rings. The number of hydrogen-bond donors (Lipinski definition) is 2. The first kappa shape index (κ1) is 15.2. The molecule has 1 heterocycles. The van der Waals surface area contributed by atoms with Crippen molar-refractivity contribution < 1.29 is 4.79 Å². The molecule has 1 fully saturated rings. The van der Waals surface area contributed by atoms with E-state index in [2.05, 4.69) is 29.4 Å². The van der Waals surface area contributed by atoms with Crippen molar-refractivity contribution in [1.29, 1.82) is 0 Å². The first-order valence-electron chi connectivity index (χ1n) is 7.08. The third-order valence-corrected chi connectivity index (χ3v) is 5.16. The second kappa shape index (κ2) is 6.47. The molecule has 3 atom stereocenters. The van der Waals surface area contributed by atoms with Crippen LogP contribution in [0.1, 0.15) is 38.9 Å². The van der Waals surface area contributed by atoms with Gasteiger partial charge in [-0.25, -0.2) is 4.68 Å². The Morgan fingerprint density at radius 1 is 1.45 bits per heavy atom. The predicted molar refractivity (Wildman–Crippen MR) is 79.7 cm³/mol. The van der Waals surface area contributed by atoms with Gasteiger partial charge in [-0.2, -0.15) is 0 Å². The van der Waals surface area contributed by atoms with Crippen molar-refractivity contribution in [3.63, 3.8) is 0 Å². The quantitative estimate of drug-likeness (QED) is 0.647. The fourth-order valence-corrected chi connectivity index (χ4v) is 3.33. The lowest BCUT2D eigenvalue weighted by atomic mass is 9.78. The van der Waals surface area contributed by atoms with Gasteiger partial charge in [-0.05, 0) is 25.2 Å². The number of nitrogens with two attached hydrogens (primary N) is 1. The number of amides is 1. The average Bonchev–Trinajstić information content (AvgIpc) is 2.73. The average molecular weight is 297 g/mol. The van der Waals surface area contributed by atoms with Crippen LogP contribution in [-0.4, -0.2) is 32.6 Å². The van der Waals surface area contributed by atoms with Gasteiger partial charge in [-0.3, -0.25) is 4.79 Å². The molecule has 112 valence electrons. The Hall–Kier alpha value is -1.24. The minimum absolute atomic E-state index is 0.0432. The second-order valence-corrected chi connectivity index (χ2v) is 6.57. The maximum absolute atomic E-state index is 12.0. The van der Waals surface area contributed by atoms with Crippen LogP contribution in [0.3, 0.4) is 0 Å². The van der Waals surface area contributed by atoms with Crippen LogP contribution in [0.2, 0.25) is 0 Å². The summed E-state index contributed by atoms with van der Waals surface area (Å²) in [5, 5.41) is 11.5. The molecule has 1 aromatic heterocycles. The molecule has 1 amide bonds. The summed E-state index contributed by atoms with van der Waals surface area (Å²) in [5.74, 6) is 7.98. The molecule has 1 aromatic rings. The van der Waals surface area contributed by atoms with Gasteiger partial charge in [0.15, 0.2) is 0 Å². The highest BCUT2D eigenvalue weighted by atomic mass is 32.2. The topological polar surface area (TPSA) is 85.8 Å². The number of aromatic nitrogens is 3. The molecule has 0 radical (unpaired) electrons. The van der Waals surface area contributed by atoms with Crippen LogP contribution < -0.4 is 11.2 Å². The van der Waals surface area contributed by atoms with Gasteiger partial charge in [0, 0.05) is 6.04 Å². The summed E-state index contributed by atoms with van der Waals surface area (Å²) in [6, 6.07) is 0.296. The molecule has 20 heavy (non-hydrogen) atoms. The van der Waals surface area contributed by atoms with Crippen LogP contribution in [0, 0.1) is 18.8 Å². The standard InChI is InChI=1S/C13H23N5OS/c1-8-5-4-6-11(9(8)2)15-12(19)7-20-13-17-16-10(3)18(13)14/h8-9,11H,4-7,14H2,1-3H3,(H,15,19)/t8-,9+,11-/m1/s1. The van der Waals surface area contributed by atoms with Crippen molar-refractivity contribution in [2.75, 3.05) is 11.6 Å². The van der Waals surface area contributed by atoms with E-state index < -0.39 is 0 Å². The van der Waals surface area contributed by atoms with Gasteiger partial charge in [0.25, 0.3) is 0 Å². The second-order valence-electron chi connectivity index (χ2n) is 5.63. The third-order valence-electron chi connectivity index (χ3n) is 4.22. The molecule has 0 bridgehead atoms. The number of carbonyl (C=O) groups is 1. The maximum Gasteiger partial charge on any atom is 0.230 e. The van der Waals surface area contributed by atoms with E-state index in [1.165, 1.54) is 29.3 Å². The van der Waals surface area contributed by atoms with Crippen LogP contribution in [0.4, 0.5) is 0 Å². The first-order valence-corrected chi connectivity index (χ1v) is 8.07. The number of nitrogens with zero attached hydrogens (tertiary/aromatic N) is 3. The number of rotatable bonds is 4. The smallest absolute Gasteiger partial charge is 0.230 e. The summed E-state index contributed by atoms with van der Waals surface area (Å²) in [6.07, 6.45) is 3.53. The van der Waals surface area contributed by atoms with Crippen LogP contribution in [0.5, 0.6) is 0 Å². The van der Waals surface area contributed by atoms with Crippen LogP contribution in [-0.2, 0) is 4.79 Å². The minimum Gasteiger partial charge on any atom is -0.352 e. The van der Waals surface area contributed by atoms with Crippen molar-refractivity contribution in [3.05, 3.63) is 5.82 Å². The number of hydrogen-bond acceptors (Lipinski definition) is 5. The van der Waals surface area contributed by atoms with Crippen LogP contribution in [0.25, 0.3) is 0 Å². The van der Waals surface area contributed by atoms with E-state index in [1.54, 1.807) is 6.92 Å². The highest BCUT2D eigenvalue weighted by molar-refractivity contribution is 7.99. The van der Waals surface area contributed by atoms with Gasteiger partial charge < -0.3 is 11.2 Å². The van der Waals surface area contributed by atoms with Crippen molar-refractivity contribution in [2.45, 2.75) is 51.2 Å². The Balaban J connectivity index is 1.82. The van der Waals surface area contributed by atoms with Crippen molar-refractivity contribution in [2.24, 2.45) is 11.8 Å². The zero-order chi connectivity index (χ0) is 14.7. The summed E-state index contributed by atoms with van der Waals surface area (Å²) in [6.45, 7) is 6.27. The number of aryl methyl sites for hydroxylation is 1. The molecule has 6 nitrogen and oxygen atoms in total. The summed E-state index contributed by atoms with van der Waals surface area (Å²) in [7, 11) is 0. The van der Waals surface area contributed by atoms with Crippen molar-refractivity contribution in [3.8, 4) is 0 Å². The minimum atomic E-state index is 0.0432. The van der Waals surface area contributed by atoms with E-state index in [0.29, 0.717) is 34.6 Å². The predicted octanol–water partition coefficient (Wildman–Crippen LogP) is 1.33. The maximum atomic E-state index is 12.0. The van der Waals surface area contributed by atoms with E-state index in [4.69, 9.17) is 5.84 Å². The molecule has 3 N–H and O–H groups in total. The number of nitrogens with one attached hydrogen (secondary N) is 1. The molecule has 1 aliphatic carbocycles. The molecular weight excluding hydrogens is 274 g/mol. The normalized spacial score (nSPS) is 26.4. The van der Waals surface area contributed by atoms with E-state index >= 15 is 0 Å². The molecule has 2 rings (SSSR count). The largest absolute Gasteiger partial charge is 0.352 e. The van der Waals surface area contributed by atoms with Gasteiger partial charge in [-0.1, -0.05) is 38.5 Å². The van der Waals surface area contributed by atoms with Crippen LogP contribution in [0.15, 0.2) is 5.16 Å². The Morgan fingerprint density at radius 3 is 2.85 bits per heavy atom. The zero-order valence-electron chi connectivity index (χ0n) is 12.3. The van der Waals surface area contributed by atoms with Gasteiger partial charge in [0.1, 0.15) is 5.82 Å². The van der Waals surface area contributed by atoms with E-state index in [9.17, 15) is 4.79 Å².